The van der Waals surface area contributed by atoms with Crippen LogP contribution in [0.5, 0.6) is 5.75 Å². The van der Waals surface area contributed by atoms with Crippen LogP contribution in [0.15, 0.2) is 24.3 Å². The van der Waals surface area contributed by atoms with Gasteiger partial charge in [-0.1, -0.05) is 12.1 Å². The van der Waals surface area contributed by atoms with Gasteiger partial charge in [-0.3, -0.25) is 0 Å². The first kappa shape index (κ1) is 12.2. The molecule has 0 bridgehead atoms. The predicted molar refractivity (Wildman–Crippen MR) is 55.3 cm³/mol. The summed E-state index contributed by atoms with van der Waals surface area (Å²) in [6, 6.07) is 6.01. The number of hydrogen-bond donors (Lipinski definition) is 1. The molecule has 0 amide bonds. The molecule has 0 heterocycles. The summed E-state index contributed by atoms with van der Waals surface area (Å²) in [5.74, 6) is 0.545. The summed E-state index contributed by atoms with van der Waals surface area (Å²) in [7, 11) is 0. The fourth-order valence-electron chi connectivity index (χ4n) is 1.18. The van der Waals surface area contributed by atoms with E-state index in [1.807, 2.05) is 0 Å². The predicted octanol–water partition coefficient (Wildman–Crippen LogP) is 3.45. The highest BCUT2D eigenvalue weighted by atomic mass is 32.1. The SMILES string of the molecule is FC(F)(F)Oc1cccc(CCCS)c1. The molecular formula is C10H11F3OS. The Hall–Kier alpha value is -0.840. The first-order chi connectivity index (χ1) is 7.01. The molecule has 0 aliphatic rings. The zero-order valence-electron chi connectivity index (χ0n) is 7.92. The highest BCUT2D eigenvalue weighted by Gasteiger charge is 2.30. The lowest BCUT2D eigenvalue weighted by Gasteiger charge is -2.09. The maximum atomic E-state index is 11.9. The summed E-state index contributed by atoms with van der Waals surface area (Å²) in [6.07, 6.45) is -3.08. The van der Waals surface area contributed by atoms with Crippen LogP contribution >= 0.6 is 12.6 Å². The molecule has 0 unspecified atom stereocenters. The molecule has 0 fully saturated rings. The molecule has 0 saturated heterocycles. The van der Waals surface area contributed by atoms with Gasteiger partial charge in [0.2, 0.25) is 0 Å². The van der Waals surface area contributed by atoms with Crippen LogP contribution in [-0.2, 0) is 6.42 Å². The van der Waals surface area contributed by atoms with E-state index in [1.165, 1.54) is 12.1 Å². The lowest BCUT2D eigenvalue weighted by molar-refractivity contribution is -0.274. The van der Waals surface area contributed by atoms with E-state index in [9.17, 15) is 13.2 Å². The summed E-state index contributed by atoms with van der Waals surface area (Å²) >= 11 is 4.03. The molecule has 0 aliphatic carbocycles. The standard InChI is InChI=1S/C10H11F3OS/c11-10(12,13)14-9-5-1-3-8(7-9)4-2-6-15/h1,3,5,7,15H,2,4,6H2. The van der Waals surface area contributed by atoms with Gasteiger partial charge in [0.1, 0.15) is 5.75 Å². The zero-order valence-corrected chi connectivity index (χ0v) is 8.81. The van der Waals surface area contributed by atoms with Gasteiger partial charge in [-0.25, -0.2) is 0 Å². The van der Waals surface area contributed by atoms with Crippen LogP contribution in [0.2, 0.25) is 0 Å². The molecule has 1 aromatic rings. The van der Waals surface area contributed by atoms with Gasteiger partial charge in [-0.05, 0) is 36.3 Å². The second-order valence-electron chi connectivity index (χ2n) is 3.02. The van der Waals surface area contributed by atoms with Crippen LogP contribution in [0.3, 0.4) is 0 Å². The number of thiol groups is 1. The highest BCUT2D eigenvalue weighted by molar-refractivity contribution is 7.80. The quantitative estimate of drug-likeness (QED) is 0.788. The molecule has 0 N–H and O–H groups in total. The van der Waals surface area contributed by atoms with Crippen LogP contribution in [0.4, 0.5) is 13.2 Å². The second-order valence-corrected chi connectivity index (χ2v) is 3.47. The summed E-state index contributed by atoms with van der Waals surface area (Å²) in [6.45, 7) is 0. The van der Waals surface area contributed by atoms with Crippen LogP contribution in [0.1, 0.15) is 12.0 Å². The fourth-order valence-corrected chi connectivity index (χ4v) is 1.34. The number of hydrogen-bond acceptors (Lipinski definition) is 2. The molecular weight excluding hydrogens is 225 g/mol. The minimum Gasteiger partial charge on any atom is -0.406 e. The van der Waals surface area contributed by atoms with Crippen LogP contribution in [-0.4, -0.2) is 12.1 Å². The van der Waals surface area contributed by atoms with Crippen molar-refractivity contribution in [3.05, 3.63) is 29.8 Å². The average Bonchev–Trinajstić information content (AvgIpc) is 2.12. The van der Waals surface area contributed by atoms with E-state index >= 15 is 0 Å². The van der Waals surface area contributed by atoms with E-state index in [1.54, 1.807) is 12.1 Å². The van der Waals surface area contributed by atoms with Crippen molar-refractivity contribution < 1.29 is 17.9 Å². The monoisotopic (exact) mass is 236 g/mol. The Bertz CT molecular complexity index is 312. The van der Waals surface area contributed by atoms with E-state index in [-0.39, 0.29) is 5.75 Å². The van der Waals surface area contributed by atoms with Gasteiger partial charge in [-0.2, -0.15) is 12.6 Å². The molecule has 84 valence electrons. The van der Waals surface area contributed by atoms with Crippen molar-refractivity contribution in [3.63, 3.8) is 0 Å². The van der Waals surface area contributed by atoms with Gasteiger partial charge in [0.05, 0.1) is 0 Å². The first-order valence-electron chi connectivity index (χ1n) is 4.47. The van der Waals surface area contributed by atoms with Crippen molar-refractivity contribution in [2.75, 3.05) is 5.75 Å². The van der Waals surface area contributed by atoms with E-state index in [4.69, 9.17) is 0 Å². The molecule has 1 nitrogen and oxygen atoms in total. The Morgan fingerprint density at radius 2 is 2.00 bits per heavy atom. The lowest BCUT2D eigenvalue weighted by Crippen LogP contribution is -2.17. The number of aryl methyl sites for hydroxylation is 1. The number of alkyl halides is 3. The molecule has 0 radical (unpaired) electrons. The average molecular weight is 236 g/mol. The van der Waals surface area contributed by atoms with Crippen LogP contribution < -0.4 is 4.74 Å². The van der Waals surface area contributed by atoms with Gasteiger partial charge >= 0.3 is 6.36 Å². The van der Waals surface area contributed by atoms with Gasteiger partial charge < -0.3 is 4.74 Å². The molecule has 0 spiro atoms. The molecule has 0 aromatic heterocycles. The lowest BCUT2D eigenvalue weighted by atomic mass is 10.1. The third-order valence-electron chi connectivity index (χ3n) is 1.76. The van der Waals surface area contributed by atoms with Crippen molar-refractivity contribution in [2.24, 2.45) is 0 Å². The van der Waals surface area contributed by atoms with E-state index < -0.39 is 6.36 Å². The van der Waals surface area contributed by atoms with Crippen molar-refractivity contribution >= 4 is 12.6 Å². The van der Waals surface area contributed by atoms with Gasteiger partial charge in [0, 0.05) is 0 Å². The van der Waals surface area contributed by atoms with Gasteiger partial charge in [-0.15, -0.1) is 13.2 Å². The largest absolute Gasteiger partial charge is 0.573 e. The third-order valence-corrected chi connectivity index (χ3v) is 2.07. The zero-order chi connectivity index (χ0) is 11.3. The topological polar surface area (TPSA) is 9.23 Å². The fraction of sp³-hybridized carbons (Fsp3) is 0.400. The summed E-state index contributed by atoms with van der Waals surface area (Å²) < 4.78 is 39.5. The van der Waals surface area contributed by atoms with E-state index in [0.29, 0.717) is 12.2 Å². The molecule has 15 heavy (non-hydrogen) atoms. The van der Waals surface area contributed by atoms with Crippen molar-refractivity contribution in [1.29, 1.82) is 0 Å². The Morgan fingerprint density at radius 1 is 1.27 bits per heavy atom. The van der Waals surface area contributed by atoms with E-state index in [2.05, 4.69) is 17.4 Å². The molecule has 0 saturated carbocycles. The van der Waals surface area contributed by atoms with Crippen LogP contribution in [0.25, 0.3) is 0 Å². The second kappa shape index (κ2) is 5.30. The van der Waals surface area contributed by atoms with Crippen LogP contribution in [0, 0.1) is 0 Å². The summed E-state index contributed by atoms with van der Waals surface area (Å²) in [5, 5.41) is 0. The summed E-state index contributed by atoms with van der Waals surface area (Å²) in [4.78, 5) is 0. The normalized spacial score (nSPS) is 11.5. The summed E-state index contributed by atoms with van der Waals surface area (Å²) in [5.41, 5.74) is 0.825. The minimum atomic E-state index is -4.62. The van der Waals surface area contributed by atoms with E-state index in [0.717, 1.165) is 12.0 Å². The van der Waals surface area contributed by atoms with Crippen molar-refractivity contribution in [2.45, 2.75) is 19.2 Å². The maximum absolute atomic E-state index is 11.9. The number of rotatable bonds is 4. The number of ether oxygens (including phenoxy) is 1. The maximum Gasteiger partial charge on any atom is 0.573 e. The van der Waals surface area contributed by atoms with Gasteiger partial charge in [0.15, 0.2) is 0 Å². The number of benzene rings is 1. The minimum absolute atomic E-state index is 0.167. The molecule has 1 aromatic carbocycles. The van der Waals surface area contributed by atoms with Crippen molar-refractivity contribution in [3.8, 4) is 5.75 Å². The molecule has 0 atom stereocenters. The smallest absolute Gasteiger partial charge is 0.406 e. The Morgan fingerprint density at radius 3 is 2.60 bits per heavy atom. The molecule has 0 aliphatic heterocycles. The van der Waals surface area contributed by atoms with Gasteiger partial charge in [0.25, 0.3) is 0 Å². The Balaban J connectivity index is 2.66. The number of halogens is 3. The third kappa shape index (κ3) is 4.97. The highest BCUT2D eigenvalue weighted by Crippen LogP contribution is 2.23. The van der Waals surface area contributed by atoms with Crippen molar-refractivity contribution in [1.82, 2.24) is 0 Å². The Labute approximate surface area is 91.7 Å². The first-order valence-corrected chi connectivity index (χ1v) is 5.10. The Kier molecular flexibility index (Phi) is 4.32. The molecule has 1 rings (SSSR count). The molecule has 5 heteroatoms.